The molecule has 2 aromatic rings. The van der Waals surface area contributed by atoms with Crippen molar-refractivity contribution in [3.63, 3.8) is 0 Å². The summed E-state index contributed by atoms with van der Waals surface area (Å²) in [5, 5.41) is 2.99. The molecule has 0 aromatic heterocycles. The lowest BCUT2D eigenvalue weighted by molar-refractivity contribution is -0.123. The Bertz CT molecular complexity index is 569. The van der Waals surface area contributed by atoms with Crippen LogP contribution in [0.5, 0.6) is 5.75 Å². The van der Waals surface area contributed by atoms with Crippen molar-refractivity contribution in [3.8, 4) is 5.75 Å². The first kappa shape index (κ1) is 15.6. The summed E-state index contributed by atoms with van der Waals surface area (Å²) in [6.07, 6.45) is 0.841. The summed E-state index contributed by atoms with van der Waals surface area (Å²) in [4.78, 5) is 12.0. The minimum absolute atomic E-state index is 0.0188. The molecule has 4 heteroatoms. The lowest BCUT2D eigenvalue weighted by Crippen LogP contribution is -2.32. The number of amides is 1. The number of rotatable bonds is 6. The van der Waals surface area contributed by atoms with Gasteiger partial charge in [-0.25, -0.2) is 0 Å². The maximum absolute atomic E-state index is 12.0. The lowest BCUT2D eigenvalue weighted by Gasteiger charge is -2.17. The second-order valence-corrected chi connectivity index (χ2v) is 5.60. The van der Waals surface area contributed by atoms with Crippen LogP contribution in [-0.2, 0) is 4.79 Å². The zero-order valence-electron chi connectivity index (χ0n) is 11.9. The molecule has 0 bridgehead atoms. The predicted molar refractivity (Wildman–Crippen MR) is 87.3 cm³/mol. The quantitative estimate of drug-likeness (QED) is 0.854. The van der Waals surface area contributed by atoms with E-state index in [0.717, 1.165) is 16.5 Å². The molecule has 21 heavy (non-hydrogen) atoms. The van der Waals surface area contributed by atoms with E-state index in [4.69, 9.17) is 4.74 Å². The van der Waals surface area contributed by atoms with E-state index in [1.807, 2.05) is 61.5 Å². The van der Waals surface area contributed by atoms with Crippen molar-refractivity contribution in [2.75, 3.05) is 6.61 Å². The van der Waals surface area contributed by atoms with Crippen LogP contribution in [0, 0.1) is 0 Å². The van der Waals surface area contributed by atoms with Gasteiger partial charge in [0.1, 0.15) is 5.75 Å². The topological polar surface area (TPSA) is 38.3 Å². The third-order valence-corrected chi connectivity index (χ3v) is 3.66. The predicted octanol–water partition coefficient (Wildman–Crippen LogP) is 4.10. The van der Waals surface area contributed by atoms with E-state index < -0.39 is 0 Å². The third-order valence-electron chi connectivity index (χ3n) is 3.13. The number of hydrogen-bond donors (Lipinski definition) is 1. The molecule has 0 aliphatic heterocycles. The molecule has 1 amide bonds. The van der Waals surface area contributed by atoms with Gasteiger partial charge in [0.05, 0.1) is 6.04 Å². The van der Waals surface area contributed by atoms with Gasteiger partial charge in [-0.05, 0) is 36.2 Å². The Balaban J connectivity index is 1.87. The van der Waals surface area contributed by atoms with E-state index in [2.05, 4.69) is 21.2 Å². The highest BCUT2D eigenvalue weighted by molar-refractivity contribution is 9.10. The van der Waals surface area contributed by atoms with Crippen LogP contribution in [0.1, 0.15) is 24.9 Å². The second-order valence-electron chi connectivity index (χ2n) is 4.68. The fraction of sp³-hybridized carbons (Fsp3) is 0.235. The van der Waals surface area contributed by atoms with Crippen molar-refractivity contribution in [3.05, 3.63) is 64.6 Å². The highest BCUT2D eigenvalue weighted by Crippen LogP contribution is 2.17. The molecular weight excluding hydrogens is 330 g/mol. The van der Waals surface area contributed by atoms with Gasteiger partial charge in [-0.15, -0.1) is 0 Å². The van der Waals surface area contributed by atoms with Crippen LogP contribution in [0.3, 0.4) is 0 Å². The summed E-state index contributed by atoms with van der Waals surface area (Å²) in [5.74, 6) is 0.565. The van der Waals surface area contributed by atoms with Crippen molar-refractivity contribution in [2.45, 2.75) is 19.4 Å². The Kier molecular flexibility index (Phi) is 5.81. The number of hydrogen-bond acceptors (Lipinski definition) is 2. The van der Waals surface area contributed by atoms with Gasteiger partial charge in [-0.2, -0.15) is 0 Å². The Morgan fingerprint density at radius 1 is 1.14 bits per heavy atom. The zero-order valence-corrected chi connectivity index (χ0v) is 13.5. The molecule has 1 atom stereocenters. The van der Waals surface area contributed by atoms with E-state index in [1.54, 1.807) is 0 Å². The zero-order chi connectivity index (χ0) is 15.1. The van der Waals surface area contributed by atoms with Crippen LogP contribution in [0.2, 0.25) is 0 Å². The maximum Gasteiger partial charge on any atom is 0.258 e. The van der Waals surface area contributed by atoms with Crippen LogP contribution in [0.15, 0.2) is 59.1 Å². The number of carbonyl (C=O) groups is 1. The van der Waals surface area contributed by atoms with Gasteiger partial charge in [0.15, 0.2) is 6.61 Å². The highest BCUT2D eigenvalue weighted by Gasteiger charge is 2.12. The molecule has 110 valence electrons. The monoisotopic (exact) mass is 347 g/mol. The number of benzene rings is 2. The second kappa shape index (κ2) is 7.84. The third kappa shape index (κ3) is 4.90. The standard InChI is InChI=1S/C17H18BrNO2/c1-2-16(13-6-4-3-5-7-13)19-17(20)12-21-15-10-8-14(18)9-11-15/h3-11,16H,2,12H2,1H3,(H,19,20)/t16-/m0/s1. The van der Waals surface area contributed by atoms with E-state index >= 15 is 0 Å². The van der Waals surface area contributed by atoms with Crippen LogP contribution < -0.4 is 10.1 Å². The molecule has 0 unspecified atom stereocenters. The van der Waals surface area contributed by atoms with Crippen LogP contribution in [0.25, 0.3) is 0 Å². The molecule has 3 nitrogen and oxygen atoms in total. The van der Waals surface area contributed by atoms with Crippen molar-refractivity contribution < 1.29 is 9.53 Å². The molecule has 0 spiro atoms. The van der Waals surface area contributed by atoms with Crippen LogP contribution >= 0.6 is 15.9 Å². The number of halogens is 1. The normalized spacial score (nSPS) is 11.7. The van der Waals surface area contributed by atoms with Crippen molar-refractivity contribution in [2.24, 2.45) is 0 Å². The fourth-order valence-electron chi connectivity index (χ4n) is 2.02. The largest absolute Gasteiger partial charge is 0.484 e. The van der Waals surface area contributed by atoms with Crippen molar-refractivity contribution in [1.82, 2.24) is 5.32 Å². The average molecular weight is 348 g/mol. The smallest absolute Gasteiger partial charge is 0.258 e. The first-order valence-electron chi connectivity index (χ1n) is 6.91. The molecule has 0 heterocycles. The average Bonchev–Trinajstić information content (AvgIpc) is 2.53. The summed E-state index contributed by atoms with van der Waals surface area (Å²) >= 11 is 3.36. The number of carbonyl (C=O) groups excluding carboxylic acids is 1. The molecule has 0 aliphatic rings. The molecule has 2 aromatic carbocycles. The molecule has 0 fully saturated rings. The SMILES string of the molecule is CC[C@H](NC(=O)COc1ccc(Br)cc1)c1ccccc1. The summed E-state index contributed by atoms with van der Waals surface area (Å²) in [7, 11) is 0. The molecule has 0 saturated carbocycles. The summed E-state index contributed by atoms with van der Waals surface area (Å²) in [6.45, 7) is 2.07. The molecular formula is C17H18BrNO2. The first-order valence-corrected chi connectivity index (χ1v) is 7.71. The van der Waals surface area contributed by atoms with Gasteiger partial charge in [0, 0.05) is 4.47 Å². The summed E-state index contributed by atoms with van der Waals surface area (Å²) in [6, 6.07) is 17.4. The van der Waals surface area contributed by atoms with Crippen LogP contribution in [0.4, 0.5) is 0 Å². The molecule has 0 aliphatic carbocycles. The Morgan fingerprint density at radius 2 is 1.81 bits per heavy atom. The molecule has 1 N–H and O–H groups in total. The van der Waals surface area contributed by atoms with Gasteiger partial charge in [0.2, 0.25) is 0 Å². The van der Waals surface area contributed by atoms with E-state index in [0.29, 0.717) is 5.75 Å². The van der Waals surface area contributed by atoms with Crippen LogP contribution in [-0.4, -0.2) is 12.5 Å². The Hall–Kier alpha value is -1.81. The lowest BCUT2D eigenvalue weighted by atomic mass is 10.0. The summed E-state index contributed by atoms with van der Waals surface area (Å²) < 4.78 is 6.45. The van der Waals surface area contributed by atoms with E-state index in [1.165, 1.54) is 0 Å². The summed E-state index contributed by atoms with van der Waals surface area (Å²) in [5.41, 5.74) is 1.11. The fourth-order valence-corrected chi connectivity index (χ4v) is 2.29. The van der Waals surface area contributed by atoms with E-state index in [9.17, 15) is 4.79 Å². The van der Waals surface area contributed by atoms with Gasteiger partial charge < -0.3 is 10.1 Å². The van der Waals surface area contributed by atoms with E-state index in [-0.39, 0.29) is 18.6 Å². The first-order chi connectivity index (χ1) is 10.2. The van der Waals surface area contributed by atoms with Gasteiger partial charge in [-0.3, -0.25) is 4.79 Å². The Morgan fingerprint density at radius 3 is 2.43 bits per heavy atom. The Labute approximate surface area is 133 Å². The van der Waals surface area contributed by atoms with Crippen molar-refractivity contribution in [1.29, 1.82) is 0 Å². The molecule has 0 radical (unpaired) electrons. The molecule has 0 saturated heterocycles. The minimum Gasteiger partial charge on any atom is -0.484 e. The number of ether oxygens (including phenoxy) is 1. The highest BCUT2D eigenvalue weighted by atomic mass is 79.9. The maximum atomic E-state index is 12.0. The van der Waals surface area contributed by atoms with Crippen molar-refractivity contribution >= 4 is 21.8 Å². The minimum atomic E-state index is -0.117. The number of nitrogens with one attached hydrogen (secondary N) is 1. The molecule has 2 rings (SSSR count). The van der Waals surface area contributed by atoms with Gasteiger partial charge >= 0.3 is 0 Å². The van der Waals surface area contributed by atoms with Gasteiger partial charge in [-0.1, -0.05) is 53.2 Å². The van der Waals surface area contributed by atoms with Gasteiger partial charge in [0.25, 0.3) is 5.91 Å².